The first-order chi connectivity index (χ1) is 13.6. The van der Waals surface area contributed by atoms with Crippen molar-refractivity contribution in [3.05, 3.63) is 71.4 Å². The number of ether oxygens (including phenoxy) is 1. The number of hydrogen-bond donors (Lipinski definition) is 1. The fourth-order valence-electron chi connectivity index (χ4n) is 2.70. The van der Waals surface area contributed by atoms with E-state index < -0.39 is 0 Å². The van der Waals surface area contributed by atoms with Crippen LogP contribution in [0.3, 0.4) is 0 Å². The molecule has 2 aromatic carbocycles. The Morgan fingerprint density at radius 3 is 2.75 bits per heavy atom. The molecule has 7 heteroatoms. The van der Waals surface area contributed by atoms with Crippen molar-refractivity contribution in [3.63, 3.8) is 0 Å². The van der Waals surface area contributed by atoms with Crippen molar-refractivity contribution in [2.75, 3.05) is 11.9 Å². The maximum absolute atomic E-state index is 12.1. The van der Waals surface area contributed by atoms with Gasteiger partial charge in [0, 0.05) is 22.5 Å². The van der Waals surface area contributed by atoms with Crippen LogP contribution in [0.1, 0.15) is 5.56 Å². The van der Waals surface area contributed by atoms with Crippen LogP contribution >= 0.6 is 11.6 Å². The third-order valence-corrected chi connectivity index (χ3v) is 4.31. The number of amides is 1. The second-order valence-electron chi connectivity index (χ2n) is 6.17. The lowest BCUT2D eigenvalue weighted by Crippen LogP contribution is -2.20. The predicted octanol–water partition coefficient (Wildman–Crippen LogP) is 4.87. The van der Waals surface area contributed by atoms with Crippen molar-refractivity contribution in [3.8, 4) is 17.2 Å². The molecule has 0 aliphatic rings. The van der Waals surface area contributed by atoms with Crippen molar-refractivity contribution in [2.45, 2.75) is 6.92 Å². The van der Waals surface area contributed by atoms with E-state index in [0.29, 0.717) is 33.6 Å². The molecule has 1 amide bonds. The molecule has 0 fully saturated rings. The van der Waals surface area contributed by atoms with Gasteiger partial charge in [-0.05, 0) is 67.1 Å². The number of oxazole rings is 1. The summed E-state index contributed by atoms with van der Waals surface area (Å²) in [6, 6.07) is 16.1. The molecule has 2 heterocycles. The Morgan fingerprint density at radius 2 is 2.00 bits per heavy atom. The lowest BCUT2D eigenvalue weighted by atomic mass is 10.2. The fraction of sp³-hybridized carbons (Fsp3) is 0.0952. The number of hydrogen-bond acceptors (Lipinski definition) is 5. The first kappa shape index (κ1) is 18.0. The standard InChI is InChI=1S/C21H16ClN3O3/c1-13-11-15(22)6-9-17(13)27-12-19(26)24-16-7-4-14(5-8-16)21-25-20-18(28-21)3-2-10-23-20/h2-11H,12H2,1H3,(H,24,26). The van der Waals surface area contributed by atoms with Crippen LogP contribution < -0.4 is 10.1 Å². The molecular formula is C21H16ClN3O3. The Bertz CT molecular complexity index is 1110. The van der Waals surface area contributed by atoms with Gasteiger partial charge in [0.05, 0.1) is 0 Å². The molecule has 140 valence electrons. The molecule has 28 heavy (non-hydrogen) atoms. The first-order valence-corrected chi connectivity index (χ1v) is 8.97. The van der Waals surface area contributed by atoms with Crippen LogP contribution in [0.2, 0.25) is 5.02 Å². The minimum Gasteiger partial charge on any atom is -0.483 e. The predicted molar refractivity (Wildman–Crippen MR) is 108 cm³/mol. The van der Waals surface area contributed by atoms with E-state index in [0.717, 1.165) is 11.1 Å². The average molecular weight is 394 g/mol. The molecular weight excluding hydrogens is 378 g/mol. The third kappa shape index (κ3) is 3.97. The number of carbonyl (C=O) groups excluding carboxylic acids is 1. The van der Waals surface area contributed by atoms with Gasteiger partial charge in [-0.2, -0.15) is 4.98 Å². The summed E-state index contributed by atoms with van der Waals surface area (Å²) in [6.07, 6.45) is 1.67. The number of benzene rings is 2. The van der Waals surface area contributed by atoms with E-state index in [-0.39, 0.29) is 12.5 Å². The highest BCUT2D eigenvalue weighted by Gasteiger charge is 2.10. The summed E-state index contributed by atoms with van der Waals surface area (Å²) in [6.45, 7) is 1.78. The Kier molecular flexibility index (Phi) is 4.95. The summed E-state index contributed by atoms with van der Waals surface area (Å²) in [5, 5.41) is 3.42. The topological polar surface area (TPSA) is 77.2 Å². The lowest BCUT2D eigenvalue weighted by Gasteiger charge is -2.10. The number of halogens is 1. The van der Waals surface area contributed by atoms with Gasteiger partial charge in [0.2, 0.25) is 5.89 Å². The van der Waals surface area contributed by atoms with Crippen LogP contribution in [0.5, 0.6) is 5.75 Å². The van der Waals surface area contributed by atoms with E-state index in [9.17, 15) is 4.79 Å². The molecule has 0 saturated heterocycles. The molecule has 0 atom stereocenters. The normalized spacial score (nSPS) is 10.8. The van der Waals surface area contributed by atoms with Gasteiger partial charge in [0.1, 0.15) is 5.75 Å². The summed E-state index contributed by atoms with van der Waals surface area (Å²) in [4.78, 5) is 20.6. The molecule has 0 saturated carbocycles. The monoisotopic (exact) mass is 393 g/mol. The molecule has 0 spiro atoms. The molecule has 0 aliphatic heterocycles. The number of rotatable bonds is 5. The number of carbonyl (C=O) groups is 1. The third-order valence-electron chi connectivity index (χ3n) is 4.08. The molecule has 1 N–H and O–H groups in total. The number of nitrogens with one attached hydrogen (secondary N) is 1. The molecule has 0 radical (unpaired) electrons. The quantitative estimate of drug-likeness (QED) is 0.523. The summed E-state index contributed by atoms with van der Waals surface area (Å²) < 4.78 is 11.2. The summed E-state index contributed by atoms with van der Waals surface area (Å²) >= 11 is 5.92. The molecule has 0 aliphatic carbocycles. The zero-order valence-electron chi connectivity index (χ0n) is 15.0. The Morgan fingerprint density at radius 1 is 1.18 bits per heavy atom. The van der Waals surface area contributed by atoms with Crippen LogP contribution in [0, 0.1) is 6.92 Å². The van der Waals surface area contributed by atoms with Crippen molar-refractivity contribution in [2.24, 2.45) is 0 Å². The minimum atomic E-state index is -0.256. The maximum atomic E-state index is 12.1. The number of pyridine rings is 1. The summed E-state index contributed by atoms with van der Waals surface area (Å²) in [7, 11) is 0. The van der Waals surface area contributed by atoms with E-state index >= 15 is 0 Å². The van der Waals surface area contributed by atoms with Crippen LogP contribution in [0.4, 0.5) is 5.69 Å². The van der Waals surface area contributed by atoms with E-state index in [1.54, 1.807) is 42.6 Å². The van der Waals surface area contributed by atoms with Crippen LogP contribution in [0.25, 0.3) is 22.7 Å². The molecule has 4 rings (SSSR count). The second kappa shape index (κ2) is 7.70. The van der Waals surface area contributed by atoms with Gasteiger partial charge in [0.25, 0.3) is 5.91 Å². The molecule has 0 bridgehead atoms. The highest BCUT2D eigenvalue weighted by atomic mass is 35.5. The molecule has 6 nitrogen and oxygen atoms in total. The number of anilines is 1. The zero-order chi connectivity index (χ0) is 19.5. The number of aromatic nitrogens is 2. The molecule has 0 unspecified atom stereocenters. The van der Waals surface area contributed by atoms with Crippen molar-refractivity contribution in [1.82, 2.24) is 9.97 Å². The van der Waals surface area contributed by atoms with Crippen molar-refractivity contribution in [1.29, 1.82) is 0 Å². The number of nitrogens with zero attached hydrogens (tertiary/aromatic N) is 2. The Hall–Kier alpha value is -3.38. The lowest BCUT2D eigenvalue weighted by molar-refractivity contribution is -0.118. The van der Waals surface area contributed by atoms with Gasteiger partial charge in [-0.25, -0.2) is 4.98 Å². The number of aryl methyl sites for hydroxylation is 1. The van der Waals surface area contributed by atoms with Crippen LogP contribution in [-0.4, -0.2) is 22.5 Å². The Balaban J connectivity index is 1.39. The van der Waals surface area contributed by atoms with Gasteiger partial charge in [-0.15, -0.1) is 0 Å². The largest absolute Gasteiger partial charge is 0.483 e. The SMILES string of the molecule is Cc1cc(Cl)ccc1OCC(=O)Nc1ccc(-c2nc3ncccc3o2)cc1. The average Bonchev–Trinajstić information content (AvgIpc) is 3.12. The van der Waals surface area contributed by atoms with Gasteiger partial charge in [-0.3, -0.25) is 4.79 Å². The van der Waals surface area contributed by atoms with E-state index in [2.05, 4.69) is 15.3 Å². The van der Waals surface area contributed by atoms with E-state index in [1.165, 1.54) is 0 Å². The van der Waals surface area contributed by atoms with Crippen LogP contribution in [-0.2, 0) is 4.79 Å². The molecule has 4 aromatic rings. The Labute approximate surface area is 166 Å². The van der Waals surface area contributed by atoms with Gasteiger partial charge in [-0.1, -0.05) is 11.6 Å². The van der Waals surface area contributed by atoms with Gasteiger partial charge >= 0.3 is 0 Å². The zero-order valence-corrected chi connectivity index (χ0v) is 15.7. The van der Waals surface area contributed by atoms with Crippen molar-refractivity contribution >= 4 is 34.4 Å². The van der Waals surface area contributed by atoms with Crippen molar-refractivity contribution < 1.29 is 13.9 Å². The van der Waals surface area contributed by atoms with E-state index in [4.69, 9.17) is 20.8 Å². The van der Waals surface area contributed by atoms with Crippen LogP contribution in [0.15, 0.2) is 65.2 Å². The summed E-state index contributed by atoms with van der Waals surface area (Å²) in [5.74, 6) is 0.848. The number of fused-ring (bicyclic) bond motifs is 1. The minimum absolute atomic E-state index is 0.0962. The van der Waals surface area contributed by atoms with Gasteiger partial charge in [0.15, 0.2) is 17.8 Å². The second-order valence-corrected chi connectivity index (χ2v) is 6.60. The highest BCUT2D eigenvalue weighted by Crippen LogP contribution is 2.24. The highest BCUT2D eigenvalue weighted by molar-refractivity contribution is 6.30. The van der Waals surface area contributed by atoms with Gasteiger partial charge < -0.3 is 14.5 Å². The maximum Gasteiger partial charge on any atom is 0.262 e. The van der Waals surface area contributed by atoms with E-state index in [1.807, 2.05) is 25.1 Å². The summed E-state index contributed by atoms with van der Waals surface area (Å²) in [5.41, 5.74) is 3.51. The first-order valence-electron chi connectivity index (χ1n) is 8.59. The molecule has 2 aromatic heterocycles. The fourth-order valence-corrected chi connectivity index (χ4v) is 2.93. The smallest absolute Gasteiger partial charge is 0.262 e.